The Balaban J connectivity index is 1.46. The van der Waals surface area contributed by atoms with Crippen LogP contribution in [0.2, 0.25) is 5.02 Å². The van der Waals surface area contributed by atoms with Crippen molar-refractivity contribution in [1.82, 2.24) is 20.5 Å². The van der Waals surface area contributed by atoms with Crippen LogP contribution < -0.4 is 19.5 Å². The van der Waals surface area contributed by atoms with Gasteiger partial charge in [0.2, 0.25) is 17.2 Å². The molecule has 2 aromatic carbocycles. The fourth-order valence-corrected chi connectivity index (χ4v) is 5.17. The summed E-state index contributed by atoms with van der Waals surface area (Å²) in [6, 6.07) is 11.2. The number of hydrogen-bond acceptors (Lipinski definition) is 8. The van der Waals surface area contributed by atoms with Crippen molar-refractivity contribution < 1.29 is 23.8 Å². The van der Waals surface area contributed by atoms with Crippen LogP contribution in [0.3, 0.4) is 0 Å². The Kier molecular flexibility index (Phi) is 6.17. The highest BCUT2D eigenvalue weighted by Gasteiger charge is 2.60. The highest BCUT2D eigenvalue weighted by atomic mass is 35.5. The van der Waals surface area contributed by atoms with Crippen LogP contribution in [0.5, 0.6) is 17.2 Å². The molecule has 0 amide bonds. The van der Waals surface area contributed by atoms with E-state index in [2.05, 4.69) is 20.5 Å². The second kappa shape index (κ2) is 9.31. The van der Waals surface area contributed by atoms with Crippen molar-refractivity contribution in [3.8, 4) is 17.2 Å². The molecule has 1 aliphatic carbocycles. The van der Waals surface area contributed by atoms with Gasteiger partial charge in [-0.1, -0.05) is 48.9 Å². The number of carbonyl (C=O) groups excluding carboxylic acids is 2. The minimum atomic E-state index is -1.72. The molecule has 9 nitrogen and oxygen atoms in total. The summed E-state index contributed by atoms with van der Waals surface area (Å²) in [5.74, 6) is -0.135. The zero-order valence-corrected chi connectivity index (χ0v) is 20.8. The Hall–Kier alpha value is -3.85. The highest BCUT2D eigenvalue weighted by molar-refractivity contribution is 6.36. The van der Waals surface area contributed by atoms with Crippen LogP contribution in [0.25, 0.3) is 0 Å². The smallest absolute Gasteiger partial charge is 0.236 e. The van der Waals surface area contributed by atoms with E-state index in [1.807, 2.05) is 37.3 Å². The molecule has 1 aliphatic heterocycles. The average molecular weight is 509 g/mol. The SMILES string of the molecule is COc1cc(OC)c2c(c1Cl)O[C@@]1(C(=O)C=C(N[C@@H](Cc3ccccc3)c3ncn[nH]3)C[C@H]1C)C2=O. The predicted molar refractivity (Wildman–Crippen MR) is 132 cm³/mol. The molecule has 0 radical (unpaired) electrons. The number of fused-ring (bicyclic) bond motifs is 1. The van der Waals surface area contributed by atoms with Gasteiger partial charge in [-0.3, -0.25) is 14.7 Å². The number of H-pyrrole nitrogens is 1. The van der Waals surface area contributed by atoms with Crippen LogP contribution in [0.15, 0.2) is 54.5 Å². The average Bonchev–Trinajstić information content (AvgIpc) is 3.52. The molecule has 0 bridgehead atoms. The number of rotatable bonds is 7. The number of halogens is 1. The summed E-state index contributed by atoms with van der Waals surface area (Å²) in [5, 5.41) is 10.4. The molecule has 2 aliphatic rings. The number of ether oxygens (including phenoxy) is 3. The van der Waals surface area contributed by atoms with Crippen LogP contribution >= 0.6 is 11.6 Å². The Morgan fingerprint density at radius 2 is 1.97 bits per heavy atom. The first kappa shape index (κ1) is 23.9. The molecule has 0 unspecified atom stereocenters. The summed E-state index contributed by atoms with van der Waals surface area (Å²) in [7, 11) is 2.89. The van der Waals surface area contributed by atoms with Gasteiger partial charge >= 0.3 is 0 Å². The van der Waals surface area contributed by atoms with E-state index in [0.717, 1.165) is 5.56 Å². The van der Waals surface area contributed by atoms with Gasteiger partial charge in [0.1, 0.15) is 34.2 Å². The van der Waals surface area contributed by atoms with Gasteiger partial charge in [0.15, 0.2) is 5.75 Å². The quantitative estimate of drug-likeness (QED) is 0.462. The lowest BCUT2D eigenvalue weighted by molar-refractivity contribution is -0.129. The van der Waals surface area contributed by atoms with Crippen LogP contribution in [0.1, 0.15) is 41.1 Å². The number of benzene rings is 2. The van der Waals surface area contributed by atoms with Crippen molar-refractivity contribution in [2.45, 2.75) is 31.4 Å². The molecule has 1 aromatic heterocycles. The third-order valence-corrected chi connectivity index (χ3v) is 7.07. The summed E-state index contributed by atoms with van der Waals surface area (Å²) < 4.78 is 16.8. The third kappa shape index (κ3) is 3.80. The normalized spacial score (nSPS) is 21.6. The minimum absolute atomic E-state index is 0.103. The lowest BCUT2D eigenvalue weighted by Crippen LogP contribution is -2.55. The van der Waals surface area contributed by atoms with Gasteiger partial charge in [-0.15, -0.1) is 0 Å². The molecule has 2 N–H and O–H groups in total. The maximum absolute atomic E-state index is 13.7. The first-order chi connectivity index (χ1) is 17.4. The molecular weight excluding hydrogens is 484 g/mol. The summed E-state index contributed by atoms with van der Waals surface area (Å²) in [6.07, 6.45) is 3.90. The number of ketones is 2. The number of aromatic amines is 1. The number of methoxy groups -OCH3 is 2. The van der Waals surface area contributed by atoms with Gasteiger partial charge in [0.05, 0.1) is 20.3 Å². The van der Waals surface area contributed by atoms with Gasteiger partial charge in [0.25, 0.3) is 0 Å². The standard InChI is InChI=1S/C26H25ClN4O5/c1-14-9-16(30-17(25-28-13-29-31-25)10-15-7-5-4-6-8-15)11-20(32)26(14)24(33)21-18(34-2)12-19(35-3)22(27)23(21)36-26/h4-8,11-14,17,30H,9-10H2,1-3H3,(H,28,29,31)/t14-,17+,26+/m1/s1. The highest BCUT2D eigenvalue weighted by Crippen LogP contribution is 2.53. The fourth-order valence-electron chi connectivity index (χ4n) is 4.90. The Bertz CT molecular complexity index is 1340. The van der Waals surface area contributed by atoms with E-state index in [1.165, 1.54) is 32.7 Å². The van der Waals surface area contributed by atoms with Gasteiger partial charge in [-0.05, 0) is 18.4 Å². The molecular formula is C26H25ClN4O5. The van der Waals surface area contributed by atoms with E-state index in [1.54, 1.807) is 0 Å². The van der Waals surface area contributed by atoms with Crippen molar-refractivity contribution in [3.63, 3.8) is 0 Å². The minimum Gasteiger partial charge on any atom is -0.496 e. The number of hydrogen-bond donors (Lipinski definition) is 2. The van der Waals surface area contributed by atoms with E-state index in [0.29, 0.717) is 30.1 Å². The van der Waals surface area contributed by atoms with Gasteiger partial charge in [0, 0.05) is 23.8 Å². The maximum Gasteiger partial charge on any atom is 0.236 e. The van der Waals surface area contributed by atoms with Crippen LogP contribution in [-0.2, 0) is 11.2 Å². The van der Waals surface area contributed by atoms with Crippen LogP contribution in [0, 0.1) is 5.92 Å². The van der Waals surface area contributed by atoms with Crippen LogP contribution in [0.4, 0.5) is 0 Å². The van der Waals surface area contributed by atoms with Gasteiger partial charge < -0.3 is 19.5 Å². The second-order valence-electron chi connectivity index (χ2n) is 8.86. The number of allylic oxidation sites excluding steroid dienone is 1. The van der Waals surface area contributed by atoms with Crippen LogP contribution in [-0.4, -0.2) is 46.6 Å². The lowest BCUT2D eigenvalue weighted by Gasteiger charge is -2.36. The van der Waals surface area contributed by atoms with Crippen molar-refractivity contribution in [2.24, 2.45) is 5.92 Å². The number of aromatic nitrogens is 3. The number of Topliss-reactive ketones (excluding diaryl/α,β-unsaturated/α-hetero) is 1. The lowest BCUT2D eigenvalue weighted by atomic mass is 9.74. The zero-order chi connectivity index (χ0) is 25.4. The molecule has 36 heavy (non-hydrogen) atoms. The first-order valence-electron chi connectivity index (χ1n) is 11.5. The topological polar surface area (TPSA) is 115 Å². The molecule has 0 saturated heterocycles. The van der Waals surface area contributed by atoms with Crippen molar-refractivity contribution in [2.75, 3.05) is 14.2 Å². The van der Waals surface area contributed by atoms with E-state index in [4.69, 9.17) is 25.8 Å². The maximum atomic E-state index is 13.7. The number of nitrogens with zero attached hydrogens (tertiary/aromatic N) is 2. The van der Waals surface area contributed by atoms with Crippen molar-refractivity contribution >= 4 is 23.2 Å². The monoisotopic (exact) mass is 508 g/mol. The summed E-state index contributed by atoms with van der Waals surface area (Å²) in [6.45, 7) is 1.81. The molecule has 3 atom stereocenters. The number of carbonyl (C=O) groups is 2. The summed E-state index contributed by atoms with van der Waals surface area (Å²) >= 11 is 6.46. The second-order valence-corrected chi connectivity index (χ2v) is 9.24. The molecule has 0 fully saturated rings. The van der Waals surface area contributed by atoms with E-state index >= 15 is 0 Å². The summed E-state index contributed by atoms with van der Waals surface area (Å²) in [4.78, 5) is 31.6. The first-order valence-corrected chi connectivity index (χ1v) is 11.9. The molecule has 10 heteroatoms. The van der Waals surface area contributed by atoms with E-state index in [-0.39, 0.29) is 28.1 Å². The van der Waals surface area contributed by atoms with Crippen molar-refractivity contribution in [3.05, 3.63) is 76.5 Å². The largest absolute Gasteiger partial charge is 0.496 e. The molecule has 5 rings (SSSR count). The number of nitrogens with one attached hydrogen (secondary N) is 2. The molecule has 186 valence electrons. The molecule has 3 aromatic rings. The van der Waals surface area contributed by atoms with Gasteiger partial charge in [-0.2, -0.15) is 5.10 Å². The molecule has 1 spiro atoms. The predicted octanol–water partition coefficient (Wildman–Crippen LogP) is 3.86. The Morgan fingerprint density at radius 1 is 1.22 bits per heavy atom. The third-order valence-electron chi connectivity index (χ3n) is 6.72. The molecule has 2 heterocycles. The van der Waals surface area contributed by atoms with E-state index in [9.17, 15) is 9.59 Å². The molecule has 0 saturated carbocycles. The Morgan fingerprint density at radius 3 is 2.61 bits per heavy atom. The summed E-state index contributed by atoms with van der Waals surface area (Å²) in [5.41, 5.74) is 0.201. The van der Waals surface area contributed by atoms with Crippen molar-refractivity contribution in [1.29, 1.82) is 0 Å². The van der Waals surface area contributed by atoms with Gasteiger partial charge in [-0.25, -0.2) is 4.98 Å². The Labute approximate surface area is 212 Å². The fraction of sp³-hybridized carbons (Fsp3) is 0.308. The zero-order valence-electron chi connectivity index (χ0n) is 20.0. The van der Waals surface area contributed by atoms with E-state index < -0.39 is 23.1 Å².